The topological polar surface area (TPSA) is 199 Å². The van der Waals surface area contributed by atoms with Crippen molar-refractivity contribution >= 4 is 35.5 Å². The van der Waals surface area contributed by atoms with Gasteiger partial charge in [-0.3, -0.25) is 24.0 Å². The molecule has 0 spiro atoms. The SMILES string of the molecule is Cc1cccc(C(=O)NCCCC[C@@H]2NC(=O)[C@H](CCCCN(C)C)NC(=O)CC[C@@H](C(=O)O)NC(=O)c3ccccc3OC[C@@H]3CCCN3C2=O)n1. The molecule has 1 saturated heterocycles. The van der Waals surface area contributed by atoms with Gasteiger partial charge >= 0.3 is 5.97 Å². The average molecular weight is 736 g/mol. The molecule has 2 aliphatic heterocycles. The van der Waals surface area contributed by atoms with Crippen molar-refractivity contribution < 1.29 is 38.6 Å². The minimum atomic E-state index is -1.36. The van der Waals surface area contributed by atoms with Crippen LogP contribution in [0.25, 0.3) is 0 Å². The number of unbranched alkanes of at least 4 members (excludes halogenated alkanes) is 2. The minimum Gasteiger partial charge on any atom is -0.491 e. The van der Waals surface area contributed by atoms with Gasteiger partial charge in [0.05, 0.1) is 11.6 Å². The Hall–Kier alpha value is -5.05. The van der Waals surface area contributed by atoms with Crippen LogP contribution in [0.1, 0.15) is 90.7 Å². The number of ether oxygens (including phenoxy) is 1. The zero-order valence-corrected chi connectivity index (χ0v) is 30.9. The molecule has 0 bridgehead atoms. The number of nitrogens with zero attached hydrogens (tertiary/aromatic N) is 3. The number of hydrogen-bond donors (Lipinski definition) is 5. The Morgan fingerprint density at radius 3 is 2.45 bits per heavy atom. The van der Waals surface area contributed by atoms with Crippen LogP contribution in [0.2, 0.25) is 0 Å². The van der Waals surface area contributed by atoms with Crippen LogP contribution in [0.15, 0.2) is 42.5 Å². The number of carboxylic acid groups (broad SMARTS) is 1. The number of rotatable bonds is 12. The van der Waals surface area contributed by atoms with Gasteiger partial charge in [-0.25, -0.2) is 9.78 Å². The first kappa shape index (κ1) is 40.7. The fourth-order valence-electron chi connectivity index (χ4n) is 6.51. The normalized spacial score (nSPS) is 21.6. The lowest BCUT2D eigenvalue weighted by atomic mass is 10.0. The Bertz CT molecular complexity index is 1600. The maximum atomic E-state index is 14.2. The van der Waals surface area contributed by atoms with Crippen molar-refractivity contribution in [1.29, 1.82) is 0 Å². The molecule has 1 fully saturated rings. The molecule has 3 heterocycles. The van der Waals surface area contributed by atoms with E-state index in [-0.39, 0.29) is 55.0 Å². The summed E-state index contributed by atoms with van der Waals surface area (Å²) in [6, 6.07) is 8.09. The number of aromatic nitrogens is 1. The molecule has 0 unspecified atom stereocenters. The monoisotopic (exact) mass is 735 g/mol. The molecule has 53 heavy (non-hydrogen) atoms. The van der Waals surface area contributed by atoms with E-state index in [0.717, 1.165) is 18.7 Å². The lowest BCUT2D eigenvalue weighted by molar-refractivity contribution is -0.139. The first-order chi connectivity index (χ1) is 25.4. The van der Waals surface area contributed by atoms with E-state index in [1.807, 2.05) is 32.0 Å². The number of aliphatic carboxylic acids is 1. The van der Waals surface area contributed by atoms with E-state index in [2.05, 4.69) is 26.3 Å². The maximum Gasteiger partial charge on any atom is 0.326 e. The smallest absolute Gasteiger partial charge is 0.326 e. The van der Waals surface area contributed by atoms with Crippen LogP contribution in [0.5, 0.6) is 5.75 Å². The van der Waals surface area contributed by atoms with Crippen molar-refractivity contribution in [2.45, 2.75) is 95.3 Å². The Morgan fingerprint density at radius 1 is 0.943 bits per heavy atom. The van der Waals surface area contributed by atoms with Crippen LogP contribution in [-0.2, 0) is 19.2 Å². The van der Waals surface area contributed by atoms with Crippen LogP contribution >= 0.6 is 0 Å². The number of carbonyl (C=O) groups excluding carboxylic acids is 5. The van der Waals surface area contributed by atoms with Gasteiger partial charge in [-0.2, -0.15) is 0 Å². The molecule has 15 heteroatoms. The molecule has 0 radical (unpaired) electrons. The quantitative estimate of drug-likeness (QED) is 0.201. The fourth-order valence-corrected chi connectivity index (χ4v) is 6.51. The fraction of sp³-hybridized carbons (Fsp3) is 0.553. The van der Waals surface area contributed by atoms with E-state index in [1.54, 1.807) is 35.2 Å². The molecular weight excluding hydrogens is 682 g/mol. The third-order valence-electron chi connectivity index (χ3n) is 9.43. The van der Waals surface area contributed by atoms with E-state index >= 15 is 0 Å². The molecule has 1 aromatic carbocycles. The number of amides is 5. The van der Waals surface area contributed by atoms with Gasteiger partial charge in [-0.05, 0) is 110 Å². The Morgan fingerprint density at radius 2 is 1.70 bits per heavy atom. The second-order valence-corrected chi connectivity index (χ2v) is 13.9. The number of para-hydroxylation sites is 1. The Balaban J connectivity index is 1.55. The van der Waals surface area contributed by atoms with Gasteiger partial charge < -0.3 is 40.9 Å². The van der Waals surface area contributed by atoms with Crippen LogP contribution in [0.3, 0.4) is 0 Å². The lowest BCUT2D eigenvalue weighted by Gasteiger charge is -2.31. The zero-order valence-electron chi connectivity index (χ0n) is 30.9. The molecule has 0 saturated carbocycles. The summed E-state index contributed by atoms with van der Waals surface area (Å²) in [7, 11) is 3.89. The van der Waals surface area contributed by atoms with E-state index in [4.69, 9.17) is 4.74 Å². The predicted octanol–water partition coefficient (Wildman–Crippen LogP) is 2.04. The summed E-state index contributed by atoms with van der Waals surface area (Å²) in [6.45, 7) is 3.47. The van der Waals surface area contributed by atoms with Gasteiger partial charge in [0.1, 0.15) is 36.2 Å². The second-order valence-electron chi connectivity index (χ2n) is 13.9. The molecule has 4 rings (SSSR count). The number of fused-ring (bicyclic) bond motifs is 2. The van der Waals surface area contributed by atoms with E-state index < -0.39 is 41.8 Å². The lowest BCUT2D eigenvalue weighted by Crippen LogP contribution is -2.55. The summed E-state index contributed by atoms with van der Waals surface area (Å²) in [5.41, 5.74) is 1.18. The summed E-state index contributed by atoms with van der Waals surface area (Å²) in [4.78, 5) is 87.3. The van der Waals surface area contributed by atoms with E-state index in [9.17, 15) is 33.9 Å². The zero-order chi connectivity index (χ0) is 38.3. The van der Waals surface area contributed by atoms with E-state index in [1.165, 1.54) is 6.07 Å². The summed E-state index contributed by atoms with van der Waals surface area (Å²) in [5.74, 6) is -3.36. The number of pyridine rings is 1. The standard InChI is InChI=1S/C38H53N7O8/c1-25-12-10-17-28(40-25)35(48)39-21-8-6-16-30-37(50)45-23-11-13-26(45)24-53-32-18-5-4-14-27(32)34(47)43-31(38(51)52)19-20-33(46)41-29(36(49)42-30)15-7-9-22-44(2)3/h4-5,10,12,14,17-18,26,29-31H,6-9,11,13,15-16,19-24H2,1-3H3,(H,39,48)(H,41,46)(H,42,49)(H,43,47)(H,51,52)/t26-,29-,30-,31-/m0/s1. The van der Waals surface area contributed by atoms with Gasteiger partial charge in [-0.1, -0.05) is 18.2 Å². The highest BCUT2D eigenvalue weighted by Crippen LogP contribution is 2.24. The third-order valence-corrected chi connectivity index (χ3v) is 9.43. The molecule has 2 aliphatic rings. The first-order valence-electron chi connectivity index (χ1n) is 18.4. The van der Waals surface area contributed by atoms with Gasteiger partial charge in [0.15, 0.2) is 0 Å². The van der Waals surface area contributed by atoms with Crippen molar-refractivity contribution in [3.05, 3.63) is 59.4 Å². The average Bonchev–Trinajstić information content (AvgIpc) is 3.60. The number of carbonyl (C=O) groups is 6. The molecule has 2 aromatic rings. The van der Waals surface area contributed by atoms with Gasteiger partial charge in [0, 0.05) is 25.2 Å². The molecular formula is C38H53N7O8. The Kier molecular flexibility index (Phi) is 15.6. The van der Waals surface area contributed by atoms with E-state index in [0.29, 0.717) is 57.3 Å². The summed E-state index contributed by atoms with van der Waals surface area (Å²) in [5, 5.41) is 20.9. The molecule has 0 aliphatic carbocycles. The minimum absolute atomic E-state index is 0.0860. The largest absolute Gasteiger partial charge is 0.491 e. The van der Waals surface area contributed by atoms with Crippen LogP contribution in [-0.4, -0.2) is 120 Å². The number of carboxylic acids is 1. The van der Waals surface area contributed by atoms with Crippen molar-refractivity contribution in [1.82, 2.24) is 36.1 Å². The molecule has 5 N–H and O–H groups in total. The highest BCUT2D eigenvalue weighted by molar-refractivity contribution is 5.99. The second kappa shape index (κ2) is 20.3. The van der Waals surface area contributed by atoms with Gasteiger partial charge in [0.2, 0.25) is 17.7 Å². The van der Waals surface area contributed by atoms with Crippen molar-refractivity contribution in [3.8, 4) is 5.75 Å². The maximum absolute atomic E-state index is 14.2. The number of benzene rings is 1. The van der Waals surface area contributed by atoms with Crippen molar-refractivity contribution in [2.75, 3.05) is 40.3 Å². The molecule has 4 atom stereocenters. The number of hydrogen-bond acceptors (Lipinski definition) is 9. The molecule has 1 aromatic heterocycles. The van der Waals surface area contributed by atoms with Gasteiger partial charge in [0.25, 0.3) is 11.8 Å². The Labute approximate surface area is 310 Å². The van der Waals surface area contributed by atoms with Crippen molar-refractivity contribution in [2.24, 2.45) is 0 Å². The third kappa shape index (κ3) is 12.5. The highest BCUT2D eigenvalue weighted by Gasteiger charge is 2.36. The summed E-state index contributed by atoms with van der Waals surface area (Å²) in [6.07, 6.45) is 3.91. The van der Waals surface area contributed by atoms with Crippen LogP contribution in [0, 0.1) is 6.92 Å². The first-order valence-corrected chi connectivity index (χ1v) is 18.4. The predicted molar refractivity (Wildman–Crippen MR) is 196 cm³/mol. The molecule has 15 nitrogen and oxygen atoms in total. The molecule has 288 valence electrons. The number of aryl methyl sites for hydroxylation is 1. The highest BCUT2D eigenvalue weighted by atomic mass is 16.5. The summed E-state index contributed by atoms with van der Waals surface area (Å²) >= 11 is 0. The van der Waals surface area contributed by atoms with Crippen LogP contribution in [0.4, 0.5) is 0 Å². The summed E-state index contributed by atoms with van der Waals surface area (Å²) < 4.78 is 6.10. The number of nitrogens with one attached hydrogen (secondary N) is 4. The van der Waals surface area contributed by atoms with Crippen LogP contribution < -0.4 is 26.0 Å². The van der Waals surface area contributed by atoms with Gasteiger partial charge in [-0.15, -0.1) is 0 Å². The van der Waals surface area contributed by atoms with Crippen molar-refractivity contribution in [3.63, 3.8) is 0 Å². The molecule has 5 amide bonds.